The van der Waals surface area contributed by atoms with Gasteiger partial charge in [-0.2, -0.15) is 5.10 Å². The third-order valence-electron chi connectivity index (χ3n) is 5.36. The van der Waals surface area contributed by atoms with Crippen LogP contribution in [0.15, 0.2) is 48.5 Å². The largest absolute Gasteiger partial charge is 0.355 e. The second kappa shape index (κ2) is 8.29. The predicted octanol–water partition coefficient (Wildman–Crippen LogP) is 4.75. The quantitative estimate of drug-likeness (QED) is 0.655. The normalized spacial score (nSPS) is 14.8. The molecule has 2 N–H and O–H groups in total. The number of aromatic nitrogens is 2. The number of carbonyl (C=O) groups excluding carboxylic acids is 1. The van der Waals surface area contributed by atoms with Crippen LogP contribution in [0.1, 0.15) is 34.3 Å². The summed E-state index contributed by atoms with van der Waals surface area (Å²) in [6.45, 7) is 5.76. The van der Waals surface area contributed by atoms with Crippen LogP contribution < -0.4 is 10.2 Å². The second-order valence-electron chi connectivity index (χ2n) is 7.76. The number of nitrogens with one attached hydrogen (secondary N) is 2. The number of amides is 1. The molecule has 0 atom stereocenters. The summed E-state index contributed by atoms with van der Waals surface area (Å²) in [5.41, 5.74) is 5.00. The smallest absolute Gasteiger partial charge is 0.251 e. The van der Waals surface area contributed by atoms with E-state index in [-0.39, 0.29) is 11.9 Å². The van der Waals surface area contributed by atoms with Crippen molar-refractivity contribution in [3.05, 3.63) is 70.2 Å². The summed E-state index contributed by atoms with van der Waals surface area (Å²) in [5, 5.41) is 11.5. The number of hydrogen-bond donors (Lipinski definition) is 2. The van der Waals surface area contributed by atoms with Crippen LogP contribution in [0.4, 0.5) is 5.82 Å². The maximum atomic E-state index is 12.6. The Labute approximate surface area is 176 Å². The van der Waals surface area contributed by atoms with Crippen LogP contribution in [0.2, 0.25) is 5.02 Å². The van der Waals surface area contributed by atoms with Crippen molar-refractivity contribution in [1.29, 1.82) is 0 Å². The molecule has 0 bridgehead atoms. The van der Waals surface area contributed by atoms with Gasteiger partial charge in [-0.15, -0.1) is 0 Å². The van der Waals surface area contributed by atoms with Gasteiger partial charge in [-0.05, 0) is 56.5 Å². The van der Waals surface area contributed by atoms with Crippen LogP contribution in [0.25, 0.3) is 11.3 Å². The molecule has 0 radical (unpaired) electrons. The van der Waals surface area contributed by atoms with Gasteiger partial charge in [0.2, 0.25) is 0 Å². The fraction of sp³-hybridized carbons (Fsp3) is 0.304. The van der Waals surface area contributed by atoms with Gasteiger partial charge in [0.15, 0.2) is 5.82 Å². The molecular weight excluding hydrogens is 384 g/mol. The van der Waals surface area contributed by atoms with E-state index < -0.39 is 0 Å². The van der Waals surface area contributed by atoms with Gasteiger partial charge < -0.3 is 10.2 Å². The highest BCUT2D eigenvalue weighted by Crippen LogP contribution is 2.25. The molecule has 1 fully saturated rings. The van der Waals surface area contributed by atoms with Crippen molar-refractivity contribution in [2.24, 2.45) is 0 Å². The van der Waals surface area contributed by atoms with Crippen molar-refractivity contribution < 1.29 is 4.79 Å². The van der Waals surface area contributed by atoms with Gasteiger partial charge in [0, 0.05) is 35.8 Å². The van der Waals surface area contributed by atoms with Gasteiger partial charge in [-0.3, -0.25) is 9.89 Å². The maximum absolute atomic E-state index is 12.6. The summed E-state index contributed by atoms with van der Waals surface area (Å²) in [7, 11) is 0. The molecule has 29 heavy (non-hydrogen) atoms. The Morgan fingerprint density at radius 3 is 2.38 bits per heavy atom. The van der Waals surface area contributed by atoms with E-state index in [0.717, 1.165) is 64.7 Å². The number of aromatic amines is 1. The number of nitrogens with zero attached hydrogens (tertiary/aromatic N) is 2. The first kappa shape index (κ1) is 19.5. The highest BCUT2D eigenvalue weighted by atomic mass is 35.5. The molecule has 1 aliphatic rings. The number of anilines is 1. The number of benzene rings is 2. The van der Waals surface area contributed by atoms with Gasteiger partial charge in [-0.1, -0.05) is 40.9 Å². The van der Waals surface area contributed by atoms with Gasteiger partial charge in [0.1, 0.15) is 0 Å². The molecule has 0 unspecified atom stereocenters. The van der Waals surface area contributed by atoms with Crippen molar-refractivity contribution >= 4 is 23.3 Å². The van der Waals surface area contributed by atoms with Gasteiger partial charge >= 0.3 is 0 Å². The molecule has 1 saturated heterocycles. The van der Waals surface area contributed by atoms with Crippen molar-refractivity contribution in [1.82, 2.24) is 15.5 Å². The molecule has 1 amide bonds. The van der Waals surface area contributed by atoms with Crippen LogP contribution in [-0.4, -0.2) is 35.2 Å². The molecular formula is C23H25ClN4O. The number of halogens is 1. The van der Waals surface area contributed by atoms with E-state index in [1.165, 1.54) is 0 Å². The Kier molecular flexibility index (Phi) is 5.58. The number of carbonyl (C=O) groups is 1. The molecule has 4 rings (SSSR count). The number of hydrogen-bond acceptors (Lipinski definition) is 3. The molecule has 2 aromatic carbocycles. The lowest BCUT2D eigenvalue weighted by Crippen LogP contribution is -2.44. The van der Waals surface area contributed by atoms with Crippen LogP contribution >= 0.6 is 11.6 Å². The Balaban J connectivity index is 1.35. The minimum Gasteiger partial charge on any atom is -0.355 e. The van der Waals surface area contributed by atoms with Crippen molar-refractivity contribution in [2.45, 2.75) is 32.7 Å². The highest BCUT2D eigenvalue weighted by molar-refractivity contribution is 6.30. The molecule has 1 aliphatic heterocycles. The molecule has 0 saturated carbocycles. The van der Waals surface area contributed by atoms with E-state index in [1.54, 1.807) is 0 Å². The predicted molar refractivity (Wildman–Crippen MR) is 118 cm³/mol. The van der Waals surface area contributed by atoms with E-state index in [0.29, 0.717) is 0 Å². The average molecular weight is 409 g/mol. The fourth-order valence-corrected chi connectivity index (χ4v) is 4.00. The van der Waals surface area contributed by atoms with E-state index in [2.05, 4.69) is 32.5 Å². The summed E-state index contributed by atoms with van der Waals surface area (Å²) < 4.78 is 0. The second-order valence-corrected chi connectivity index (χ2v) is 8.19. The van der Waals surface area contributed by atoms with Crippen LogP contribution in [0.5, 0.6) is 0 Å². The zero-order valence-corrected chi connectivity index (χ0v) is 17.5. The van der Waals surface area contributed by atoms with E-state index in [4.69, 9.17) is 11.6 Å². The lowest BCUT2D eigenvalue weighted by atomic mass is 10.0. The molecule has 0 spiro atoms. The first-order chi connectivity index (χ1) is 14.0. The zero-order valence-electron chi connectivity index (χ0n) is 16.7. The molecule has 6 heteroatoms. The summed E-state index contributed by atoms with van der Waals surface area (Å²) in [4.78, 5) is 14.9. The first-order valence-corrected chi connectivity index (χ1v) is 10.3. The van der Waals surface area contributed by atoms with E-state index in [9.17, 15) is 4.79 Å². The minimum absolute atomic E-state index is 0.0139. The van der Waals surface area contributed by atoms with Crippen LogP contribution in [0.3, 0.4) is 0 Å². The van der Waals surface area contributed by atoms with Crippen molar-refractivity contribution in [3.63, 3.8) is 0 Å². The summed E-state index contributed by atoms with van der Waals surface area (Å²) in [6, 6.07) is 15.9. The fourth-order valence-electron chi connectivity index (χ4n) is 3.88. The van der Waals surface area contributed by atoms with Crippen molar-refractivity contribution in [3.8, 4) is 11.3 Å². The van der Waals surface area contributed by atoms with E-state index in [1.807, 2.05) is 50.2 Å². The van der Waals surface area contributed by atoms with Crippen LogP contribution in [0, 0.1) is 13.8 Å². The van der Waals surface area contributed by atoms with Gasteiger partial charge in [0.05, 0.1) is 5.69 Å². The monoisotopic (exact) mass is 408 g/mol. The maximum Gasteiger partial charge on any atom is 0.251 e. The zero-order chi connectivity index (χ0) is 20.4. The Morgan fingerprint density at radius 1 is 1.07 bits per heavy atom. The van der Waals surface area contributed by atoms with Crippen molar-refractivity contribution in [2.75, 3.05) is 18.0 Å². The Morgan fingerprint density at radius 2 is 1.72 bits per heavy atom. The lowest BCUT2D eigenvalue weighted by Gasteiger charge is -2.32. The summed E-state index contributed by atoms with van der Waals surface area (Å²) in [6.07, 6.45) is 1.80. The summed E-state index contributed by atoms with van der Waals surface area (Å²) >= 11 is 5.97. The highest BCUT2D eigenvalue weighted by Gasteiger charge is 2.23. The lowest BCUT2D eigenvalue weighted by molar-refractivity contribution is 0.0931. The number of aryl methyl sites for hydroxylation is 2. The first-order valence-electron chi connectivity index (χ1n) is 9.93. The number of piperidine rings is 1. The van der Waals surface area contributed by atoms with E-state index >= 15 is 0 Å². The molecule has 5 nitrogen and oxygen atoms in total. The topological polar surface area (TPSA) is 61.0 Å². The standard InChI is InChI=1S/C23H25ClN4O/c1-15-11-16(2)13-18(12-15)23(29)25-20-7-9-28(10-8-20)22-14-21(26-27-22)17-3-5-19(24)6-4-17/h3-6,11-14,20H,7-10H2,1-2H3,(H,25,29)(H,26,27). The molecule has 0 aliphatic carbocycles. The number of rotatable bonds is 4. The van der Waals surface area contributed by atoms with Gasteiger partial charge in [-0.25, -0.2) is 0 Å². The molecule has 150 valence electrons. The third-order valence-corrected chi connectivity index (χ3v) is 5.61. The molecule has 3 aromatic rings. The van der Waals surface area contributed by atoms with Gasteiger partial charge in [0.25, 0.3) is 5.91 Å². The minimum atomic E-state index is 0.0139. The summed E-state index contributed by atoms with van der Waals surface area (Å²) in [5.74, 6) is 0.953. The average Bonchev–Trinajstić information content (AvgIpc) is 3.18. The number of H-pyrrole nitrogens is 1. The van der Waals surface area contributed by atoms with Crippen LogP contribution in [-0.2, 0) is 0 Å². The Bertz CT molecular complexity index is 984. The Hall–Kier alpha value is -2.79. The SMILES string of the molecule is Cc1cc(C)cc(C(=O)NC2CCN(c3cc(-c4ccc(Cl)cc4)[nH]n3)CC2)c1. The molecule has 2 heterocycles. The third kappa shape index (κ3) is 4.62. The molecule has 1 aromatic heterocycles.